The van der Waals surface area contributed by atoms with Crippen LogP contribution in [0, 0.1) is 17.7 Å². The second-order valence-electron chi connectivity index (χ2n) is 6.90. The molecule has 2 atom stereocenters. The quantitative estimate of drug-likeness (QED) is 0.875. The van der Waals surface area contributed by atoms with Gasteiger partial charge in [0.05, 0.1) is 12.1 Å². The first-order chi connectivity index (χ1) is 10.9. The second-order valence-corrected chi connectivity index (χ2v) is 6.90. The van der Waals surface area contributed by atoms with Gasteiger partial charge in [-0.3, -0.25) is 4.79 Å². The van der Waals surface area contributed by atoms with Gasteiger partial charge in [0.2, 0.25) is 5.91 Å². The van der Waals surface area contributed by atoms with E-state index in [9.17, 15) is 14.3 Å². The van der Waals surface area contributed by atoms with E-state index in [-0.39, 0.29) is 17.6 Å². The summed E-state index contributed by atoms with van der Waals surface area (Å²) in [4.78, 5) is 14.1. The van der Waals surface area contributed by atoms with Crippen molar-refractivity contribution in [1.29, 1.82) is 0 Å². The minimum atomic E-state index is -0.614. The monoisotopic (exact) mass is 322 g/mol. The fraction of sp³-hybridized carbons (Fsp3) is 0.611. The van der Waals surface area contributed by atoms with Gasteiger partial charge in [-0.1, -0.05) is 26.0 Å². The molecular weight excluding hydrogens is 295 g/mol. The molecule has 1 fully saturated rings. The molecule has 1 amide bonds. The van der Waals surface area contributed by atoms with Crippen molar-refractivity contribution < 1.29 is 14.3 Å². The van der Waals surface area contributed by atoms with Crippen LogP contribution in [0.3, 0.4) is 0 Å². The highest BCUT2D eigenvalue weighted by atomic mass is 19.1. The van der Waals surface area contributed by atoms with Crippen molar-refractivity contribution in [2.75, 3.05) is 13.1 Å². The van der Waals surface area contributed by atoms with Crippen molar-refractivity contribution in [3.8, 4) is 0 Å². The van der Waals surface area contributed by atoms with E-state index in [1.54, 1.807) is 17.0 Å². The van der Waals surface area contributed by atoms with Crippen LogP contribution < -0.4 is 5.73 Å². The SMILES string of the molecule is CC(C)C[C@H](N)C(=O)N1CCC(C(O)c2ccc(F)cc2)CC1. The van der Waals surface area contributed by atoms with Gasteiger partial charge in [-0.05, 0) is 48.8 Å². The molecule has 128 valence electrons. The van der Waals surface area contributed by atoms with E-state index in [0.29, 0.717) is 25.4 Å². The van der Waals surface area contributed by atoms with Gasteiger partial charge in [-0.25, -0.2) is 4.39 Å². The van der Waals surface area contributed by atoms with E-state index in [0.717, 1.165) is 18.4 Å². The van der Waals surface area contributed by atoms with E-state index < -0.39 is 12.1 Å². The fourth-order valence-corrected chi connectivity index (χ4v) is 3.21. The van der Waals surface area contributed by atoms with Gasteiger partial charge in [0, 0.05) is 13.1 Å². The molecule has 0 aromatic heterocycles. The molecule has 0 aliphatic carbocycles. The summed E-state index contributed by atoms with van der Waals surface area (Å²) in [7, 11) is 0. The van der Waals surface area contributed by atoms with Crippen molar-refractivity contribution in [2.45, 2.75) is 45.3 Å². The lowest BCUT2D eigenvalue weighted by Gasteiger charge is -2.35. The molecule has 1 aliphatic rings. The number of hydrogen-bond donors (Lipinski definition) is 2. The summed E-state index contributed by atoms with van der Waals surface area (Å²) < 4.78 is 13.0. The maximum absolute atomic E-state index is 13.0. The summed E-state index contributed by atoms with van der Waals surface area (Å²) in [5, 5.41) is 10.4. The third-order valence-corrected chi connectivity index (χ3v) is 4.55. The molecule has 23 heavy (non-hydrogen) atoms. The maximum Gasteiger partial charge on any atom is 0.239 e. The Balaban J connectivity index is 1.88. The van der Waals surface area contributed by atoms with Crippen LogP contribution in [0.5, 0.6) is 0 Å². The minimum Gasteiger partial charge on any atom is -0.388 e. The largest absolute Gasteiger partial charge is 0.388 e. The summed E-state index contributed by atoms with van der Waals surface area (Å²) in [6, 6.07) is 5.53. The van der Waals surface area contributed by atoms with E-state index >= 15 is 0 Å². The molecule has 1 aromatic rings. The minimum absolute atomic E-state index is 0.00780. The van der Waals surface area contributed by atoms with Crippen LogP contribution in [-0.4, -0.2) is 35.0 Å². The first-order valence-corrected chi connectivity index (χ1v) is 8.36. The summed E-state index contributed by atoms with van der Waals surface area (Å²) >= 11 is 0. The Morgan fingerprint density at radius 1 is 1.30 bits per heavy atom. The molecule has 0 bridgehead atoms. The van der Waals surface area contributed by atoms with Crippen molar-refractivity contribution in [3.63, 3.8) is 0 Å². The standard InChI is InChI=1S/C18H27FN2O2/c1-12(2)11-16(20)18(23)21-9-7-14(8-10-21)17(22)13-3-5-15(19)6-4-13/h3-6,12,14,16-17,22H,7-11,20H2,1-2H3/t16-,17?/m0/s1. The normalized spacial score (nSPS) is 19.0. The molecule has 1 unspecified atom stereocenters. The first kappa shape index (κ1) is 17.9. The Bertz CT molecular complexity index is 510. The number of nitrogens with two attached hydrogens (primary N) is 1. The molecule has 0 radical (unpaired) electrons. The van der Waals surface area contributed by atoms with Gasteiger partial charge in [0.25, 0.3) is 0 Å². The molecule has 0 saturated carbocycles. The molecule has 0 spiro atoms. The zero-order valence-corrected chi connectivity index (χ0v) is 13.9. The highest BCUT2D eigenvalue weighted by Crippen LogP contribution is 2.31. The van der Waals surface area contributed by atoms with Crippen LogP contribution in [0.1, 0.15) is 44.8 Å². The molecule has 1 aromatic carbocycles. The zero-order chi connectivity index (χ0) is 17.0. The Hall–Kier alpha value is -1.46. The number of piperidine rings is 1. The number of hydrogen-bond acceptors (Lipinski definition) is 3. The third kappa shape index (κ3) is 4.75. The molecule has 4 nitrogen and oxygen atoms in total. The van der Waals surface area contributed by atoms with Crippen LogP contribution in [0.15, 0.2) is 24.3 Å². The van der Waals surface area contributed by atoms with Gasteiger partial charge >= 0.3 is 0 Å². The smallest absolute Gasteiger partial charge is 0.239 e. The molecule has 5 heteroatoms. The van der Waals surface area contributed by atoms with Gasteiger partial charge < -0.3 is 15.7 Å². The van der Waals surface area contributed by atoms with Crippen molar-refractivity contribution in [1.82, 2.24) is 4.90 Å². The highest BCUT2D eigenvalue weighted by molar-refractivity contribution is 5.81. The Morgan fingerprint density at radius 2 is 1.87 bits per heavy atom. The Labute approximate surface area is 137 Å². The van der Waals surface area contributed by atoms with Gasteiger partial charge in [0.15, 0.2) is 0 Å². The molecule has 2 rings (SSSR count). The molecular formula is C18H27FN2O2. The predicted molar refractivity (Wildman–Crippen MR) is 88.1 cm³/mol. The van der Waals surface area contributed by atoms with E-state index in [1.807, 2.05) is 0 Å². The summed E-state index contributed by atoms with van der Waals surface area (Å²) in [6.07, 6.45) is 1.55. The van der Waals surface area contributed by atoms with Crippen molar-refractivity contribution in [2.24, 2.45) is 17.6 Å². The third-order valence-electron chi connectivity index (χ3n) is 4.55. The first-order valence-electron chi connectivity index (χ1n) is 8.36. The van der Waals surface area contributed by atoms with Gasteiger partial charge in [-0.2, -0.15) is 0 Å². The van der Waals surface area contributed by atoms with Gasteiger partial charge in [-0.15, -0.1) is 0 Å². The fourth-order valence-electron chi connectivity index (χ4n) is 3.21. The predicted octanol–water partition coefficient (Wildman–Crippen LogP) is 2.47. The second kappa shape index (κ2) is 7.88. The molecule has 3 N–H and O–H groups in total. The number of amides is 1. The average molecular weight is 322 g/mol. The van der Waals surface area contributed by atoms with Crippen LogP contribution in [0.25, 0.3) is 0 Å². The zero-order valence-electron chi connectivity index (χ0n) is 13.9. The summed E-state index contributed by atoms with van der Waals surface area (Å²) in [5.41, 5.74) is 6.70. The Morgan fingerprint density at radius 3 is 2.39 bits per heavy atom. The average Bonchev–Trinajstić information content (AvgIpc) is 2.53. The number of aliphatic hydroxyl groups is 1. The number of likely N-dealkylation sites (tertiary alicyclic amines) is 1. The maximum atomic E-state index is 13.0. The number of carbonyl (C=O) groups excluding carboxylic acids is 1. The highest BCUT2D eigenvalue weighted by Gasteiger charge is 2.30. The van der Waals surface area contributed by atoms with Crippen LogP contribution in [-0.2, 0) is 4.79 Å². The number of nitrogens with zero attached hydrogens (tertiary/aromatic N) is 1. The number of halogens is 1. The summed E-state index contributed by atoms with van der Waals surface area (Å²) in [6.45, 7) is 5.35. The number of benzene rings is 1. The molecule has 1 heterocycles. The van der Waals surface area contributed by atoms with E-state index in [1.165, 1.54) is 12.1 Å². The molecule has 1 aliphatic heterocycles. The number of aliphatic hydroxyl groups excluding tert-OH is 1. The van der Waals surface area contributed by atoms with E-state index in [2.05, 4.69) is 13.8 Å². The van der Waals surface area contributed by atoms with E-state index in [4.69, 9.17) is 5.73 Å². The Kier molecular flexibility index (Phi) is 6.13. The summed E-state index contributed by atoms with van der Waals surface area (Å²) in [5.74, 6) is 0.187. The lowest BCUT2D eigenvalue weighted by molar-refractivity contribution is -0.135. The van der Waals surface area contributed by atoms with Crippen LogP contribution in [0.2, 0.25) is 0 Å². The lowest BCUT2D eigenvalue weighted by atomic mass is 9.87. The van der Waals surface area contributed by atoms with Crippen molar-refractivity contribution in [3.05, 3.63) is 35.6 Å². The van der Waals surface area contributed by atoms with Gasteiger partial charge in [0.1, 0.15) is 5.82 Å². The lowest BCUT2D eigenvalue weighted by Crippen LogP contribution is -2.48. The molecule has 1 saturated heterocycles. The topological polar surface area (TPSA) is 66.6 Å². The number of carbonyl (C=O) groups is 1. The van der Waals surface area contributed by atoms with Crippen molar-refractivity contribution >= 4 is 5.91 Å². The number of rotatable bonds is 5. The van der Waals surface area contributed by atoms with Crippen LogP contribution >= 0.6 is 0 Å². The van der Waals surface area contributed by atoms with Crippen LogP contribution in [0.4, 0.5) is 4.39 Å².